The third-order valence-electron chi connectivity index (χ3n) is 2.46. The number of rotatable bonds is 3. The van der Waals surface area contributed by atoms with Crippen LogP contribution in [-0.4, -0.2) is 29.1 Å². The van der Waals surface area contributed by atoms with E-state index in [0.29, 0.717) is 11.7 Å². The van der Waals surface area contributed by atoms with Gasteiger partial charge in [-0.05, 0) is 19.4 Å². The Hall–Kier alpha value is -1.67. The molecule has 0 aromatic carbocycles. The van der Waals surface area contributed by atoms with Crippen LogP contribution in [0.15, 0.2) is 12.4 Å². The summed E-state index contributed by atoms with van der Waals surface area (Å²) in [5.41, 5.74) is 0.347. The third kappa shape index (κ3) is 2.64. The van der Waals surface area contributed by atoms with E-state index in [4.69, 9.17) is 5.26 Å². The molecule has 0 saturated carbocycles. The standard InChI is InChI=1S/C10H13N5/c11-4-9-6-15-10(7-13-9)14-5-8-2-1-3-12-8/h6-8,12H,1-3,5H2,(H,14,15). The second kappa shape index (κ2) is 4.71. The predicted octanol–water partition coefficient (Wildman–Crippen LogP) is 0.512. The van der Waals surface area contributed by atoms with E-state index in [1.807, 2.05) is 6.07 Å². The lowest BCUT2D eigenvalue weighted by Gasteiger charge is -2.11. The van der Waals surface area contributed by atoms with Gasteiger partial charge in [0.2, 0.25) is 0 Å². The van der Waals surface area contributed by atoms with Crippen LogP contribution in [0.25, 0.3) is 0 Å². The normalized spacial score (nSPS) is 19.8. The zero-order valence-corrected chi connectivity index (χ0v) is 8.40. The lowest BCUT2D eigenvalue weighted by Crippen LogP contribution is -2.29. The first-order chi connectivity index (χ1) is 7.38. The van der Waals surface area contributed by atoms with E-state index in [-0.39, 0.29) is 0 Å². The summed E-state index contributed by atoms with van der Waals surface area (Å²) in [6.07, 6.45) is 5.51. The maximum absolute atomic E-state index is 8.55. The molecule has 1 fully saturated rings. The van der Waals surface area contributed by atoms with Crippen LogP contribution in [0.3, 0.4) is 0 Å². The van der Waals surface area contributed by atoms with Crippen LogP contribution >= 0.6 is 0 Å². The number of nitriles is 1. The molecule has 5 heteroatoms. The Morgan fingerprint density at radius 3 is 3.07 bits per heavy atom. The Morgan fingerprint density at radius 2 is 2.47 bits per heavy atom. The molecule has 1 aliphatic heterocycles. The summed E-state index contributed by atoms with van der Waals surface area (Å²) in [5, 5.41) is 15.1. The zero-order valence-electron chi connectivity index (χ0n) is 8.40. The fourth-order valence-electron chi connectivity index (χ4n) is 1.64. The van der Waals surface area contributed by atoms with Crippen molar-refractivity contribution in [2.24, 2.45) is 0 Å². The molecule has 1 aromatic rings. The Morgan fingerprint density at radius 1 is 1.53 bits per heavy atom. The second-order valence-corrected chi connectivity index (χ2v) is 3.57. The van der Waals surface area contributed by atoms with Crippen molar-refractivity contribution in [1.29, 1.82) is 5.26 Å². The smallest absolute Gasteiger partial charge is 0.158 e. The monoisotopic (exact) mass is 203 g/mol. The van der Waals surface area contributed by atoms with Crippen LogP contribution < -0.4 is 10.6 Å². The van der Waals surface area contributed by atoms with Gasteiger partial charge in [-0.25, -0.2) is 9.97 Å². The quantitative estimate of drug-likeness (QED) is 0.748. The highest BCUT2D eigenvalue weighted by Crippen LogP contribution is 2.06. The molecule has 5 nitrogen and oxygen atoms in total. The number of anilines is 1. The van der Waals surface area contributed by atoms with Crippen LogP contribution in [0.1, 0.15) is 18.5 Å². The lowest BCUT2D eigenvalue weighted by atomic mass is 10.2. The van der Waals surface area contributed by atoms with Gasteiger partial charge in [-0.1, -0.05) is 0 Å². The van der Waals surface area contributed by atoms with E-state index >= 15 is 0 Å². The van der Waals surface area contributed by atoms with Crippen molar-refractivity contribution in [1.82, 2.24) is 15.3 Å². The summed E-state index contributed by atoms with van der Waals surface area (Å²) < 4.78 is 0. The number of aromatic nitrogens is 2. The minimum Gasteiger partial charge on any atom is -0.367 e. The van der Waals surface area contributed by atoms with Gasteiger partial charge in [0.15, 0.2) is 5.69 Å². The fourth-order valence-corrected chi connectivity index (χ4v) is 1.64. The van der Waals surface area contributed by atoms with Crippen LogP contribution in [0, 0.1) is 11.3 Å². The Bertz CT molecular complexity index is 347. The molecule has 1 atom stereocenters. The summed E-state index contributed by atoms with van der Waals surface area (Å²) in [4.78, 5) is 8.02. The third-order valence-corrected chi connectivity index (χ3v) is 2.46. The van der Waals surface area contributed by atoms with Gasteiger partial charge in [0.1, 0.15) is 11.9 Å². The highest BCUT2D eigenvalue weighted by Gasteiger charge is 2.13. The fraction of sp³-hybridized carbons (Fsp3) is 0.500. The van der Waals surface area contributed by atoms with Gasteiger partial charge in [-0.2, -0.15) is 5.26 Å². The first kappa shape index (κ1) is 9.87. The molecule has 0 spiro atoms. The van der Waals surface area contributed by atoms with Gasteiger partial charge in [0, 0.05) is 12.6 Å². The van der Waals surface area contributed by atoms with E-state index in [0.717, 1.165) is 18.9 Å². The van der Waals surface area contributed by atoms with E-state index in [9.17, 15) is 0 Å². The Labute approximate surface area is 88.5 Å². The SMILES string of the molecule is N#Cc1cnc(NCC2CCCN2)cn1. The van der Waals surface area contributed by atoms with Gasteiger partial charge in [0.25, 0.3) is 0 Å². The number of nitrogens with zero attached hydrogens (tertiary/aromatic N) is 3. The zero-order chi connectivity index (χ0) is 10.5. The predicted molar refractivity (Wildman–Crippen MR) is 56.3 cm³/mol. The maximum Gasteiger partial charge on any atom is 0.158 e. The molecular weight excluding hydrogens is 190 g/mol. The molecule has 1 aromatic heterocycles. The van der Waals surface area contributed by atoms with E-state index in [2.05, 4.69) is 20.6 Å². The second-order valence-electron chi connectivity index (χ2n) is 3.57. The molecule has 78 valence electrons. The van der Waals surface area contributed by atoms with Gasteiger partial charge < -0.3 is 10.6 Å². The van der Waals surface area contributed by atoms with E-state index < -0.39 is 0 Å². The molecule has 2 heterocycles. The van der Waals surface area contributed by atoms with E-state index in [1.165, 1.54) is 19.0 Å². The van der Waals surface area contributed by atoms with Gasteiger partial charge in [0.05, 0.1) is 12.4 Å². The van der Waals surface area contributed by atoms with Crippen molar-refractivity contribution in [2.45, 2.75) is 18.9 Å². The summed E-state index contributed by atoms with van der Waals surface area (Å²) in [6, 6.07) is 2.47. The van der Waals surface area contributed by atoms with Crippen molar-refractivity contribution in [3.8, 4) is 6.07 Å². The average molecular weight is 203 g/mol. The van der Waals surface area contributed by atoms with E-state index in [1.54, 1.807) is 6.20 Å². The van der Waals surface area contributed by atoms with Crippen LogP contribution in [0.2, 0.25) is 0 Å². The molecule has 0 amide bonds. The molecule has 1 aliphatic rings. The first-order valence-corrected chi connectivity index (χ1v) is 5.08. The average Bonchev–Trinajstić information content (AvgIpc) is 2.80. The highest BCUT2D eigenvalue weighted by atomic mass is 15.1. The molecule has 0 bridgehead atoms. The summed E-state index contributed by atoms with van der Waals surface area (Å²) in [7, 11) is 0. The van der Waals surface area contributed by atoms with Gasteiger partial charge >= 0.3 is 0 Å². The minimum absolute atomic E-state index is 0.347. The van der Waals surface area contributed by atoms with Crippen molar-refractivity contribution >= 4 is 5.82 Å². The number of hydrogen-bond donors (Lipinski definition) is 2. The summed E-state index contributed by atoms with van der Waals surface area (Å²) >= 11 is 0. The first-order valence-electron chi connectivity index (χ1n) is 5.08. The maximum atomic E-state index is 8.55. The molecule has 1 saturated heterocycles. The van der Waals surface area contributed by atoms with Crippen molar-refractivity contribution in [2.75, 3.05) is 18.4 Å². The molecule has 0 radical (unpaired) electrons. The van der Waals surface area contributed by atoms with Crippen molar-refractivity contribution in [3.05, 3.63) is 18.1 Å². The topological polar surface area (TPSA) is 73.6 Å². The lowest BCUT2D eigenvalue weighted by molar-refractivity contribution is 0.632. The van der Waals surface area contributed by atoms with Crippen LogP contribution in [-0.2, 0) is 0 Å². The van der Waals surface area contributed by atoms with Gasteiger partial charge in [-0.15, -0.1) is 0 Å². The minimum atomic E-state index is 0.347. The molecule has 2 N–H and O–H groups in total. The van der Waals surface area contributed by atoms with Gasteiger partial charge in [-0.3, -0.25) is 0 Å². The largest absolute Gasteiger partial charge is 0.367 e. The molecule has 1 unspecified atom stereocenters. The molecule has 0 aliphatic carbocycles. The summed E-state index contributed by atoms with van der Waals surface area (Å²) in [5.74, 6) is 0.725. The van der Waals surface area contributed by atoms with Crippen LogP contribution in [0.4, 0.5) is 5.82 Å². The molecule has 2 rings (SSSR count). The Balaban J connectivity index is 1.85. The number of hydrogen-bond acceptors (Lipinski definition) is 5. The van der Waals surface area contributed by atoms with Crippen molar-refractivity contribution in [3.63, 3.8) is 0 Å². The summed E-state index contributed by atoms with van der Waals surface area (Å²) in [6.45, 7) is 1.96. The highest BCUT2D eigenvalue weighted by molar-refractivity contribution is 5.33. The van der Waals surface area contributed by atoms with Crippen molar-refractivity contribution < 1.29 is 0 Å². The molecular formula is C10H13N5. The van der Waals surface area contributed by atoms with Crippen LogP contribution in [0.5, 0.6) is 0 Å². The number of nitrogens with one attached hydrogen (secondary N) is 2. The Kier molecular flexibility index (Phi) is 3.10. The molecule has 15 heavy (non-hydrogen) atoms.